The molecule has 0 aliphatic heterocycles. The highest BCUT2D eigenvalue weighted by molar-refractivity contribution is 7.99. The van der Waals surface area contributed by atoms with Crippen molar-refractivity contribution in [2.45, 2.75) is 36.3 Å². The number of amides is 1. The Labute approximate surface area is 145 Å². The standard InChI is InChI=1S/C18H20N2O3S/c1-13(2)23-16(21)10-12-19-17(22)15-9-6-11-20-18(15)24-14-7-4-3-5-8-14/h3-9,11,13H,10,12H2,1-2H3,(H,19,22). The Kier molecular flexibility index (Phi) is 6.81. The van der Waals surface area contributed by atoms with Crippen molar-refractivity contribution >= 4 is 23.6 Å². The van der Waals surface area contributed by atoms with E-state index in [1.807, 2.05) is 30.3 Å². The number of ether oxygens (including phenoxy) is 1. The molecule has 0 aliphatic carbocycles. The lowest BCUT2D eigenvalue weighted by Gasteiger charge is -2.10. The van der Waals surface area contributed by atoms with E-state index in [1.165, 1.54) is 11.8 Å². The van der Waals surface area contributed by atoms with Crippen LogP contribution < -0.4 is 5.32 Å². The van der Waals surface area contributed by atoms with E-state index < -0.39 is 0 Å². The summed E-state index contributed by atoms with van der Waals surface area (Å²) in [6, 6.07) is 13.2. The van der Waals surface area contributed by atoms with Gasteiger partial charge in [0, 0.05) is 17.6 Å². The molecule has 0 saturated heterocycles. The Morgan fingerprint density at radius 1 is 1.17 bits per heavy atom. The van der Waals surface area contributed by atoms with Gasteiger partial charge in [0.15, 0.2) is 0 Å². The first-order valence-electron chi connectivity index (χ1n) is 7.72. The van der Waals surface area contributed by atoms with Gasteiger partial charge in [-0.2, -0.15) is 0 Å². The maximum atomic E-state index is 12.3. The minimum atomic E-state index is -0.324. The van der Waals surface area contributed by atoms with Crippen LogP contribution in [0.4, 0.5) is 0 Å². The summed E-state index contributed by atoms with van der Waals surface area (Å²) >= 11 is 1.43. The number of carbonyl (C=O) groups is 2. The SMILES string of the molecule is CC(C)OC(=O)CCNC(=O)c1cccnc1Sc1ccccc1. The van der Waals surface area contributed by atoms with Crippen molar-refractivity contribution in [2.24, 2.45) is 0 Å². The molecule has 5 nitrogen and oxygen atoms in total. The van der Waals surface area contributed by atoms with E-state index in [2.05, 4.69) is 10.3 Å². The fourth-order valence-corrected chi connectivity index (χ4v) is 2.84. The fraction of sp³-hybridized carbons (Fsp3) is 0.278. The summed E-state index contributed by atoms with van der Waals surface area (Å²) in [4.78, 5) is 29.1. The Hall–Kier alpha value is -2.34. The van der Waals surface area contributed by atoms with Gasteiger partial charge in [-0.05, 0) is 38.1 Å². The van der Waals surface area contributed by atoms with Crippen LogP contribution in [0, 0.1) is 0 Å². The van der Waals surface area contributed by atoms with E-state index in [0.717, 1.165) is 4.90 Å². The lowest BCUT2D eigenvalue weighted by Crippen LogP contribution is -2.27. The van der Waals surface area contributed by atoms with E-state index in [1.54, 1.807) is 32.2 Å². The van der Waals surface area contributed by atoms with Crippen molar-refractivity contribution in [1.82, 2.24) is 10.3 Å². The van der Waals surface area contributed by atoms with Crippen LogP contribution in [0.15, 0.2) is 58.6 Å². The maximum absolute atomic E-state index is 12.3. The van der Waals surface area contributed by atoms with Crippen LogP contribution in [0.3, 0.4) is 0 Å². The lowest BCUT2D eigenvalue weighted by molar-refractivity contribution is -0.147. The zero-order chi connectivity index (χ0) is 17.4. The first kappa shape index (κ1) is 18.0. The zero-order valence-corrected chi connectivity index (χ0v) is 14.5. The largest absolute Gasteiger partial charge is 0.463 e. The maximum Gasteiger partial charge on any atom is 0.307 e. The van der Waals surface area contributed by atoms with Crippen LogP contribution in [-0.4, -0.2) is 29.5 Å². The van der Waals surface area contributed by atoms with Crippen molar-refractivity contribution in [3.63, 3.8) is 0 Å². The summed E-state index contributed by atoms with van der Waals surface area (Å²) in [6.07, 6.45) is 1.65. The second-order valence-electron chi connectivity index (χ2n) is 5.32. The highest BCUT2D eigenvalue weighted by Crippen LogP contribution is 2.28. The number of esters is 1. The number of hydrogen-bond acceptors (Lipinski definition) is 5. The van der Waals surface area contributed by atoms with Gasteiger partial charge in [-0.15, -0.1) is 0 Å². The summed E-state index contributed by atoms with van der Waals surface area (Å²) in [6.45, 7) is 3.81. The molecule has 1 N–H and O–H groups in total. The second-order valence-corrected chi connectivity index (χ2v) is 6.38. The topological polar surface area (TPSA) is 68.3 Å². The average Bonchev–Trinajstić information content (AvgIpc) is 2.55. The smallest absolute Gasteiger partial charge is 0.307 e. The third-order valence-corrected chi connectivity index (χ3v) is 3.98. The van der Waals surface area contributed by atoms with Gasteiger partial charge < -0.3 is 10.1 Å². The third kappa shape index (κ3) is 5.70. The number of hydrogen-bond donors (Lipinski definition) is 1. The van der Waals surface area contributed by atoms with Crippen LogP contribution >= 0.6 is 11.8 Å². The first-order valence-corrected chi connectivity index (χ1v) is 8.53. The molecule has 0 atom stereocenters. The van der Waals surface area contributed by atoms with Crippen molar-refractivity contribution in [3.8, 4) is 0 Å². The summed E-state index contributed by atoms with van der Waals surface area (Å²) in [5, 5.41) is 3.37. The molecule has 1 amide bonds. The number of nitrogens with one attached hydrogen (secondary N) is 1. The predicted octanol–water partition coefficient (Wildman–Crippen LogP) is 3.30. The van der Waals surface area contributed by atoms with E-state index in [-0.39, 0.29) is 30.9 Å². The van der Waals surface area contributed by atoms with Gasteiger partial charge in [-0.1, -0.05) is 30.0 Å². The Morgan fingerprint density at radius 3 is 2.62 bits per heavy atom. The van der Waals surface area contributed by atoms with Crippen molar-refractivity contribution in [2.75, 3.05) is 6.54 Å². The normalized spacial score (nSPS) is 10.5. The van der Waals surface area contributed by atoms with Gasteiger partial charge in [0.25, 0.3) is 5.91 Å². The van der Waals surface area contributed by atoms with Crippen LogP contribution in [0.5, 0.6) is 0 Å². The molecule has 0 fully saturated rings. The molecule has 0 radical (unpaired) electrons. The van der Waals surface area contributed by atoms with Gasteiger partial charge in [0.1, 0.15) is 5.03 Å². The van der Waals surface area contributed by atoms with E-state index >= 15 is 0 Å². The Balaban J connectivity index is 1.96. The van der Waals surface area contributed by atoms with Crippen molar-refractivity contribution in [1.29, 1.82) is 0 Å². The van der Waals surface area contributed by atoms with Gasteiger partial charge in [-0.3, -0.25) is 9.59 Å². The average molecular weight is 344 g/mol. The molecule has 2 aromatic rings. The quantitative estimate of drug-likeness (QED) is 0.781. The molecule has 24 heavy (non-hydrogen) atoms. The number of rotatable bonds is 7. The summed E-state index contributed by atoms with van der Waals surface area (Å²) in [5.41, 5.74) is 0.489. The monoisotopic (exact) mass is 344 g/mol. The molecule has 0 saturated carbocycles. The highest BCUT2D eigenvalue weighted by atomic mass is 32.2. The number of nitrogens with zero attached hydrogens (tertiary/aromatic N) is 1. The van der Waals surface area contributed by atoms with E-state index in [0.29, 0.717) is 10.6 Å². The number of pyridine rings is 1. The summed E-state index contributed by atoms with van der Waals surface area (Å²) in [5.74, 6) is -0.575. The van der Waals surface area contributed by atoms with Crippen molar-refractivity contribution in [3.05, 3.63) is 54.2 Å². The number of carbonyl (C=O) groups excluding carboxylic acids is 2. The molecule has 1 aromatic carbocycles. The molecule has 126 valence electrons. The minimum Gasteiger partial charge on any atom is -0.463 e. The van der Waals surface area contributed by atoms with Crippen LogP contribution in [0.1, 0.15) is 30.6 Å². The number of aromatic nitrogens is 1. The minimum absolute atomic E-state index is 0.144. The van der Waals surface area contributed by atoms with E-state index in [9.17, 15) is 9.59 Å². The molecule has 0 unspecified atom stereocenters. The highest BCUT2D eigenvalue weighted by Gasteiger charge is 2.14. The lowest BCUT2D eigenvalue weighted by atomic mass is 10.2. The van der Waals surface area contributed by atoms with Crippen LogP contribution in [-0.2, 0) is 9.53 Å². The third-order valence-electron chi connectivity index (χ3n) is 2.96. The molecule has 2 rings (SSSR count). The Morgan fingerprint density at radius 2 is 1.92 bits per heavy atom. The molecule has 1 heterocycles. The first-order chi connectivity index (χ1) is 11.6. The zero-order valence-electron chi connectivity index (χ0n) is 13.7. The summed E-state index contributed by atoms with van der Waals surface area (Å²) in [7, 11) is 0. The molecule has 0 bridgehead atoms. The van der Waals surface area contributed by atoms with Crippen molar-refractivity contribution < 1.29 is 14.3 Å². The van der Waals surface area contributed by atoms with Gasteiger partial charge in [0.05, 0.1) is 18.1 Å². The Bertz CT molecular complexity index is 690. The van der Waals surface area contributed by atoms with Gasteiger partial charge in [0.2, 0.25) is 0 Å². The molecular weight excluding hydrogens is 324 g/mol. The molecule has 0 spiro atoms. The predicted molar refractivity (Wildman–Crippen MR) is 93.0 cm³/mol. The fourth-order valence-electron chi connectivity index (χ4n) is 1.94. The molecular formula is C18H20N2O3S. The van der Waals surface area contributed by atoms with E-state index in [4.69, 9.17) is 4.74 Å². The second kappa shape index (κ2) is 9.08. The van der Waals surface area contributed by atoms with Crippen LogP contribution in [0.2, 0.25) is 0 Å². The van der Waals surface area contributed by atoms with Gasteiger partial charge in [-0.25, -0.2) is 4.98 Å². The van der Waals surface area contributed by atoms with Crippen LogP contribution in [0.25, 0.3) is 0 Å². The summed E-state index contributed by atoms with van der Waals surface area (Å²) < 4.78 is 5.03. The number of benzene rings is 1. The molecule has 6 heteroatoms. The molecule has 0 aliphatic rings. The van der Waals surface area contributed by atoms with Gasteiger partial charge >= 0.3 is 5.97 Å². The molecule has 1 aromatic heterocycles.